The fourth-order valence-corrected chi connectivity index (χ4v) is 4.05. The van der Waals surface area contributed by atoms with E-state index in [1.54, 1.807) is 6.20 Å². The zero-order valence-electron chi connectivity index (χ0n) is 19.6. The Morgan fingerprint density at radius 2 is 1.88 bits per heavy atom. The Labute approximate surface area is 196 Å². The van der Waals surface area contributed by atoms with Gasteiger partial charge < -0.3 is 15.5 Å². The summed E-state index contributed by atoms with van der Waals surface area (Å²) in [7, 11) is 0. The van der Waals surface area contributed by atoms with Crippen molar-refractivity contribution < 1.29 is 4.79 Å². The summed E-state index contributed by atoms with van der Waals surface area (Å²) in [5.74, 6) is 2.15. The third-order valence-electron chi connectivity index (χ3n) is 6.18. The van der Waals surface area contributed by atoms with Crippen molar-refractivity contribution in [2.24, 2.45) is 5.92 Å². The molecule has 0 spiro atoms. The Morgan fingerprint density at radius 1 is 1.09 bits per heavy atom. The van der Waals surface area contributed by atoms with Gasteiger partial charge in [-0.15, -0.1) is 0 Å². The van der Waals surface area contributed by atoms with Gasteiger partial charge in [0.2, 0.25) is 0 Å². The van der Waals surface area contributed by atoms with E-state index in [1.807, 2.05) is 54.6 Å². The summed E-state index contributed by atoms with van der Waals surface area (Å²) in [5.41, 5.74) is 3.62. The van der Waals surface area contributed by atoms with Crippen LogP contribution in [0.1, 0.15) is 42.1 Å². The van der Waals surface area contributed by atoms with Gasteiger partial charge >= 0.3 is 0 Å². The Hall–Kier alpha value is -3.25. The molecule has 6 nitrogen and oxygen atoms in total. The Bertz CT molecular complexity index is 1060. The summed E-state index contributed by atoms with van der Waals surface area (Å²) in [4.78, 5) is 24.1. The lowest BCUT2D eigenvalue weighted by Crippen LogP contribution is -2.35. The molecule has 6 heteroatoms. The number of nitrogens with one attached hydrogen (secondary N) is 2. The Morgan fingerprint density at radius 3 is 2.67 bits per heavy atom. The van der Waals surface area contributed by atoms with Gasteiger partial charge in [-0.2, -0.15) is 0 Å². The van der Waals surface area contributed by atoms with Gasteiger partial charge in [-0.3, -0.25) is 4.79 Å². The molecule has 0 atom stereocenters. The van der Waals surface area contributed by atoms with Crippen molar-refractivity contribution >= 4 is 17.4 Å². The Balaban J connectivity index is 1.31. The quantitative estimate of drug-likeness (QED) is 0.477. The van der Waals surface area contributed by atoms with Crippen LogP contribution in [0, 0.1) is 12.8 Å². The van der Waals surface area contributed by atoms with Crippen LogP contribution in [0.3, 0.4) is 0 Å². The van der Waals surface area contributed by atoms with Crippen LogP contribution in [0.5, 0.6) is 0 Å². The second kappa shape index (κ2) is 11.1. The van der Waals surface area contributed by atoms with E-state index in [0.717, 1.165) is 30.1 Å². The summed E-state index contributed by atoms with van der Waals surface area (Å²) in [6.45, 7) is 8.48. The van der Waals surface area contributed by atoms with Crippen LogP contribution in [0.25, 0.3) is 11.4 Å². The SMILES string of the molecule is Cc1ccc(-c2nccc(Nc3cccc(C(=O)NCCCN4CCC(C)CC4)c3)n2)cc1. The van der Waals surface area contributed by atoms with Crippen LogP contribution in [-0.2, 0) is 0 Å². The molecule has 2 heterocycles. The van der Waals surface area contributed by atoms with E-state index in [-0.39, 0.29) is 5.91 Å². The maximum atomic E-state index is 12.6. The number of piperidine rings is 1. The maximum Gasteiger partial charge on any atom is 0.251 e. The number of anilines is 2. The van der Waals surface area contributed by atoms with Crippen LogP contribution in [0.4, 0.5) is 11.5 Å². The number of carbonyl (C=O) groups is 1. The van der Waals surface area contributed by atoms with Gasteiger partial charge in [-0.1, -0.05) is 42.8 Å². The van der Waals surface area contributed by atoms with Crippen molar-refractivity contribution in [2.75, 3.05) is 31.5 Å². The lowest BCUT2D eigenvalue weighted by Gasteiger charge is -2.30. The molecule has 0 unspecified atom stereocenters. The van der Waals surface area contributed by atoms with Crippen LogP contribution < -0.4 is 10.6 Å². The molecule has 172 valence electrons. The molecule has 0 bridgehead atoms. The predicted octanol–water partition coefficient (Wildman–Crippen LogP) is 5.05. The lowest BCUT2D eigenvalue weighted by molar-refractivity contribution is 0.0950. The molecular weight excluding hydrogens is 410 g/mol. The molecule has 0 saturated carbocycles. The number of benzene rings is 2. The van der Waals surface area contributed by atoms with Gasteiger partial charge in [0, 0.05) is 29.6 Å². The average Bonchev–Trinajstić information content (AvgIpc) is 2.84. The third kappa shape index (κ3) is 6.62. The summed E-state index contributed by atoms with van der Waals surface area (Å²) in [6.07, 6.45) is 5.28. The number of aromatic nitrogens is 2. The topological polar surface area (TPSA) is 70.2 Å². The molecule has 1 amide bonds. The monoisotopic (exact) mass is 443 g/mol. The number of aryl methyl sites for hydroxylation is 1. The number of likely N-dealkylation sites (tertiary alicyclic amines) is 1. The molecule has 1 saturated heterocycles. The summed E-state index contributed by atoms with van der Waals surface area (Å²) in [5, 5.41) is 6.35. The number of amides is 1. The number of rotatable bonds is 8. The second-order valence-corrected chi connectivity index (χ2v) is 8.97. The van der Waals surface area contributed by atoms with E-state index >= 15 is 0 Å². The highest BCUT2D eigenvalue weighted by Crippen LogP contribution is 2.20. The van der Waals surface area contributed by atoms with Gasteiger partial charge in [0.05, 0.1) is 0 Å². The summed E-state index contributed by atoms with van der Waals surface area (Å²) >= 11 is 0. The van der Waals surface area contributed by atoms with Crippen molar-refractivity contribution in [1.82, 2.24) is 20.2 Å². The van der Waals surface area contributed by atoms with Crippen LogP contribution in [0.2, 0.25) is 0 Å². The van der Waals surface area contributed by atoms with Crippen LogP contribution in [0.15, 0.2) is 60.8 Å². The molecule has 33 heavy (non-hydrogen) atoms. The van der Waals surface area contributed by atoms with Gasteiger partial charge in [0.1, 0.15) is 5.82 Å². The molecule has 3 aromatic rings. The van der Waals surface area contributed by atoms with Crippen molar-refractivity contribution in [2.45, 2.75) is 33.1 Å². The zero-order valence-corrected chi connectivity index (χ0v) is 19.6. The van der Waals surface area contributed by atoms with Gasteiger partial charge in [0.15, 0.2) is 5.82 Å². The first-order valence-corrected chi connectivity index (χ1v) is 11.8. The van der Waals surface area contributed by atoms with Crippen LogP contribution >= 0.6 is 0 Å². The third-order valence-corrected chi connectivity index (χ3v) is 6.18. The van der Waals surface area contributed by atoms with Gasteiger partial charge in [-0.25, -0.2) is 9.97 Å². The standard InChI is InChI=1S/C27H33N5O/c1-20-7-9-22(10-8-20)26-28-15-11-25(31-26)30-24-6-3-5-23(19-24)27(33)29-14-4-16-32-17-12-21(2)13-18-32/h3,5-11,15,19,21H,4,12-14,16-18H2,1-2H3,(H,29,33)(H,28,30,31). The van der Waals surface area contributed by atoms with Gasteiger partial charge in [-0.05, 0) is 76.0 Å². The molecule has 0 radical (unpaired) electrons. The van der Waals surface area contributed by atoms with E-state index in [9.17, 15) is 4.79 Å². The minimum Gasteiger partial charge on any atom is -0.352 e. The molecule has 1 aliphatic rings. The number of nitrogens with zero attached hydrogens (tertiary/aromatic N) is 3. The van der Waals surface area contributed by atoms with Crippen molar-refractivity contribution in [3.63, 3.8) is 0 Å². The molecule has 1 aromatic heterocycles. The number of carbonyl (C=O) groups excluding carboxylic acids is 1. The highest BCUT2D eigenvalue weighted by molar-refractivity contribution is 5.95. The van der Waals surface area contributed by atoms with Crippen molar-refractivity contribution in [3.8, 4) is 11.4 Å². The molecule has 1 aliphatic heterocycles. The molecule has 1 fully saturated rings. The first-order valence-electron chi connectivity index (χ1n) is 11.8. The van der Waals surface area contributed by atoms with Gasteiger partial charge in [0.25, 0.3) is 5.91 Å². The molecular formula is C27H33N5O. The number of hydrogen-bond donors (Lipinski definition) is 2. The minimum absolute atomic E-state index is 0.0473. The van der Waals surface area contributed by atoms with E-state index in [2.05, 4.69) is 39.3 Å². The molecule has 2 aromatic carbocycles. The predicted molar refractivity (Wildman–Crippen MR) is 134 cm³/mol. The Kier molecular flexibility index (Phi) is 7.68. The fraction of sp³-hybridized carbons (Fsp3) is 0.370. The fourth-order valence-electron chi connectivity index (χ4n) is 4.05. The molecule has 0 aliphatic carbocycles. The van der Waals surface area contributed by atoms with Crippen molar-refractivity contribution in [1.29, 1.82) is 0 Å². The maximum absolute atomic E-state index is 12.6. The zero-order chi connectivity index (χ0) is 23.0. The lowest BCUT2D eigenvalue weighted by atomic mass is 9.99. The minimum atomic E-state index is -0.0473. The van der Waals surface area contributed by atoms with E-state index in [1.165, 1.54) is 31.5 Å². The van der Waals surface area contributed by atoms with Crippen molar-refractivity contribution in [3.05, 3.63) is 71.9 Å². The normalized spacial score (nSPS) is 14.7. The van der Waals surface area contributed by atoms with E-state index in [4.69, 9.17) is 0 Å². The first kappa shape index (κ1) is 22.9. The first-order chi connectivity index (χ1) is 16.1. The second-order valence-electron chi connectivity index (χ2n) is 8.97. The summed E-state index contributed by atoms with van der Waals surface area (Å²) in [6, 6.07) is 17.5. The van der Waals surface area contributed by atoms with E-state index in [0.29, 0.717) is 23.8 Å². The molecule has 4 rings (SSSR count). The van der Waals surface area contributed by atoms with Crippen LogP contribution in [-0.4, -0.2) is 47.0 Å². The smallest absolute Gasteiger partial charge is 0.251 e. The highest BCUT2D eigenvalue weighted by atomic mass is 16.1. The van der Waals surface area contributed by atoms with E-state index < -0.39 is 0 Å². The highest BCUT2D eigenvalue weighted by Gasteiger charge is 2.15. The molecule has 2 N–H and O–H groups in total. The largest absolute Gasteiger partial charge is 0.352 e. The average molecular weight is 444 g/mol. The summed E-state index contributed by atoms with van der Waals surface area (Å²) < 4.78 is 0. The number of hydrogen-bond acceptors (Lipinski definition) is 5.